The maximum absolute atomic E-state index is 14.0. The van der Waals surface area contributed by atoms with Crippen LogP contribution in [-0.4, -0.2) is 40.5 Å². The van der Waals surface area contributed by atoms with Crippen LogP contribution < -0.4 is 0 Å². The summed E-state index contributed by atoms with van der Waals surface area (Å²) in [7, 11) is 0. The Bertz CT molecular complexity index is 1060. The number of fused-ring (bicyclic) bond motifs is 1. The molecule has 1 fully saturated rings. The third kappa shape index (κ3) is 5.51. The first kappa shape index (κ1) is 26.4. The molecule has 1 aromatic carbocycles. The van der Waals surface area contributed by atoms with Gasteiger partial charge in [-0.3, -0.25) is 9.59 Å². The molecule has 0 radical (unpaired) electrons. The molecule has 2 N–H and O–H groups in total. The fourth-order valence-corrected chi connectivity index (χ4v) is 5.94. The lowest BCUT2D eigenvalue weighted by atomic mass is 9.65. The number of aliphatic hydroxyl groups excluding tert-OH is 1. The Balaban J connectivity index is 1.53. The van der Waals surface area contributed by atoms with Gasteiger partial charge in [-0.05, 0) is 74.1 Å². The summed E-state index contributed by atoms with van der Waals surface area (Å²) in [4.78, 5) is 25.2. The van der Waals surface area contributed by atoms with Crippen molar-refractivity contribution in [2.24, 2.45) is 23.7 Å². The fraction of sp³-hybridized carbons (Fsp3) is 0.586. The summed E-state index contributed by atoms with van der Waals surface area (Å²) < 4.78 is 25.7. The van der Waals surface area contributed by atoms with Crippen LogP contribution in [0.4, 0.5) is 4.39 Å². The smallest absolute Gasteiger partial charge is 0.316 e. The number of allylic oxidation sites excluding steroid dienone is 3. The van der Waals surface area contributed by atoms with E-state index in [4.69, 9.17) is 9.47 Å². The van der Waals surface area contributed by atoms with Gasteiger partial charge in [0, 0.05) is 12.3 Å². The lowest BCUT2D eigenvalue weighted by Gasteiger charge is -2.44. The van der Waals surface area contributed by atoms with Gasteiger partial charge in [-0.2, -0.15) is 0 Å². The van der Waals surface area contributed by atoms with Crippen molar-refractivity contribution in [3.63, 3.8) is 0 Å². The van der Waals surface area contributed by atoms with Crippen molar-refractivity contribution in [1.82, 2.24) is 0 Å². The number of carbonyl (C=O) groups is 2. The standard InChI is InChI=1S/C29H37FO6/c1-16-11-18-6-5-17(2)22(9-8-21-14-20(31)15-26(33)35-21)27(18)25(12-16)36-28(34)29(3,4)19-7-10-24(32)23(30)13-19/h5-7,10-11,13,16-17,20-22,25,27,31-32H,8-9,12,14-15H2,1-4H3/t16-,17-,20+,21+,22-,25-,27-/m0/s1. The van der Waals surface area contributed by atoms with E-state index in [1.165, 1.54) is 12.1 Å². The van der Waals surface area contributed by atoms with E-state index in [0.29, 0.717) is 24.8 Å². The number of aliphatic hydroxyl groups is 1. The van der Waals surface area contributed by atoms with E-state index in [1.807, 2.05) is 0 Å². The van der Waals surface area contributed by atoms with Gasteiger partial charge in [0.1, 0.15) is 12.2 Å². The molecule has 0 saturated carbocycles. The first-order chi connectivity index (χ1) is 17.0. The number of rotatable bonds is 6. The zero-order chi connectivity index (χ0) is 26.2. The highest BCUT2D eigenvalue weighted by molar-refractivity contribution is 5.82. The van der Waals surface area contributed by atoms with Crippen LogP contribution in [0.2, 0.25) is 0 Å². The molecule has 4 rings (SSSR count). The number of aromatic hydroxyl groups is 1. The van der Waals surface area contributed by atoms with Crippen molar-refractivity contribution < 1.29 is 33.7 Å². The highest BCUT2D eigenvalue weighted by atomic mass is 19.1. The molecule has 3 aliphatic rings. The minimum absolute atomic E-state index is 0.00159. The van der Waals surface area contributed by atoms with Crippen LogP contribution in [0.1, 0.15) is 65.4 Å². The van der Waals surface area contributed by atoms with Gasteiger partial charge in [0.25, 0.3) is 0 Å². The number of esters is 2. The van der Waals surface area contributed by atoms with Crippen molar-refractivity contribution in [3.05, 3.63) is 53.4 Å². The van der Waals surface area contributed by atoms with E-state index < -0.39 is 29.1 Å². The number of hydrogen-bond acceptors (Lipinski definition) is 6. The monoisotopic (exact) mass is 500 g/mol. The van der Waals surface area contributed by atoms with E-state index in [1.54, 1.807) is 19.9 Å². The van der Waals surface area contributed by atoms with Gasteiger partial charge in [0.2, 0.25) is 0 Å². The average Bonchev–Trinajstić information content (AvgIpc) is 2.79. The molecule has 1 heterocycles. The SMILES string of the molecule is C[C@H]1C=C2C=C[C@H](C)[C@H](CC[C@@H]3C[C@@H](O)CC(=O)O3)[C@H]2[C@@H](OC(=O)C(C)(C)c2ccc(O)c(F)c2)C1. The molecular formula is C29H37FO6. The minimum Gasteiger partial charge on any atom is -0.505 e. The first-order valence-electron chi connectivity index (χ1n) is 12.9. The summed E-state index contributed by atoms with van der Waals surface area (Å²) in [6.45, 7) is 7.66. The number of cyclic esters (lactones) is 1. The third-order valence-electron chi connectivity index (χ3n) is 8.09. The van der Waals surface area contributed by atoms with Gasteiger partial charge in [-0.25, -0.2) is 4.39 Å². The van der Waals surface area contributed by atoms with Crippen LogP contribution in [0.15, 0.2) is 42.0 Å². The molecule has 0 spiro atoms. The van der Waals surface area contributed by atoms with Crippen molar-refractivity contribution >= 4 is 11.9 Å². The lowest BCUT2D eigenvalue weighted by molar-refractivity contribution is -0.163. The molecule has 1 aromatic rings. The number of hydrogen-bond donors (Lipinski definition) is 2. The Hall–Kier alpha value is -2.67. The second-order valence-electron chi connectivity index (χ2n) is 11.3. The Kier molecular flexibility index (Phi) is 7.60. The summed E-state index contributed by atoms with van der Waals surface area (Å²) in [5, 5.41) is 19.5. The van der Waals surface area contributed by atoms with Crippen molar-refractivity contribution in [2.75, 3.05) is 0 Å². The molecule has 2 aliphatic carbocycles. The summed E-state index contributed by atoms with van der Waals surface area (Å²) in [5.41, 5.74) is 0.495. The normalized spacial score (nSPS) is 32.3. The zero-order valence-electron chi connectivity index (χ0n) is 21.4. The average molecular weight is 501 g/mol. The number of ether oxygens (including phenoxy) is 2. The van der Waals surface area contributed by atoms with Gasteiger partial charge >= 0.3 is 11.9 Å². The molecule has 0 unspecified atom stereocenters. The molecule has 7 atom stereocenters. The molecule has 0 bridgehead atoms. The molecule has 0 amide bonds. The van der Waals surface area contributed by atoms with Crippen molar-refractivity contribution in [2.45, 2.75) is 83.5 Å². The van der Waals surface area contributed by atoms with Gasteiger partial charge in [0.05, 0.1) is 17.9 Å². The zero-order valence-corrected chi connectivity index (χ0v) is 21.4. The highest BCUT2D eigenvalue weighted by Gasteiger charge is 2.44. The summed E-state index contributed by atoms with van der Waals surface area (Å²) in [6, 6.07) is 3.98. The van der Waals surface area contributed by atoms with E-state index in [0.717, 1.165) is 12.0 Å². The van der Waals surface area contributed by atoms with Crippen molar-refractivity contribution in [1.29, 1.82) is 0 Å². The Labute approximate surface area is 212 Å². The Morgan fingerprint density at radius 2 is 1.97 bits per heavy atom. The maximum atomic E-state index is 14.0. The molecular weight excluding hydrogens is 463 g/mol. The molecule has 1 saturated heterocycles. The van der Waals surface area contributed by atoms with Crippen LogP contribution in [0.5, 0.6) is 5.75 Å². The van der Waals surface area contributed by atoms with Crippen LogP contribution >= 0.6 is 0 Å². The van der Waals surface area contributed by atoms with E-state index in [2.05, 4.69) is 32.1 Å². The Morgan fingerprint density at radius 3 is 2.67 bits per heavy atom. The topological polar surface area (TPSA) is 93.1 Å². The van der Waals surface area contributed by atoms with E-state index >= 15 is 0 Å². The molecule has 1 aliphatic heterocycles. The second-order valence-corrected chi connectivity index (χ2v) is 11.3. The number of halogens is 1. The summed E-state index contributed by atoms with van der Waals surface area (Å²) in [5.74, 6) is -1.37. The lowest BCUT2D eigenvalue weighted by Crippen LogP contribution is -2.44. The number of phenols is 1. The van der Waals surface area contributed by atoms with Crippen LogP contribution in [0.25, 0.3) is 0 Å². The predicted molar refractivity (Wildman–Crippen MR) is 132 cm³/mol. The summed E-state index contributed by atoms with van der Waals surface area (Å²) in [6.07, 6.45) is 7.85. The largest absolute Gasteiger partial charge is 0.505 e. The minimum atomic E-state index is -1.10. The van der Waals surface area contributed by atoms with E-state index in [9.17, 15) is 24.2 Å². The fourth-order valence-electron chi connectivity index (χ4n) is 5.94. The molecule has 7 heteroatoms. The highest BCUT2D eigenvalue weighted by Crippen LogP contribution is 2.45. The number of benzene rings is 1. The number of phenolic OH excluding ortho intramolecular Hbond substituents is 1. The molecule has 36 heavy (non-hydrogen) atoms. The van der Waals surface area contributed by atoms with Crippen LogP contribution in [0.3, 0.4) is 0 Å². The molecule has 6 nitrogen and oxygen atoms in total. The molecule has 0 aromatic heterocycles. The quantitative estimate of drug-likeness (QED) is 0.536. The Morgan fingerprint density at radius 1 is 1.22 bits per heavy atom. The maximum Gasteiger partial charge on any atom is 0.316 e. The number of carbonyl (C=O) groups excluding carboxylic acids is 2. The van der Waals surface area contributed by atoms with Gasteiger partial charge < -0.3 is 19.7 Å². The third-order valence-corrected chi connectivity index (χ3v) is 8.09. The van der Waals surface area contributed by atoms with Gasteiger partial charge in [0.15, 0.2) is 11.6 Å². The van der Waals surface area contributed by atoms with Crippen LogP contribution in [-0.2, 0) is 24.5 Å². The molecule has 196 valence electrons. The van der Waals surface area contributed by atoms with Crippen molar-refractivity contribution in [3.8, 4) is 5.75 Å². The van der Waals surface area contributed by atoms with E-state index in [-0.39, 0.29) is 48.3 Å². The van der Waals surface area contributed by atoms with Gasteiger partial charge in [-0.1, -0.05) is 38.1 Å². The predicted octanol–water partition coefficient (Wildman–Crippen LogP) is 4.97. The van der Waals surface area contributed by atoms with Crippen LogP contribution in [0, 0.1) is 29.5 Å². The second kappa shape index (κ2) is 10.4. The summed E-state index contributed by atoms with van der Waals surface area (Å²) >= 11 is 0. The first-order valence-corrected chi connectivity index (χ1v) is 12.9. The van der Waals surface area contributed by atoms with Gasteiger partial charge in [-0.15, -0.1) is 0 Å².